The third kappa shape index (κ3) is 1.67. The molecule has 4 nitrogen and oxygen atoms in total. The summed E-state index contributed by atoms with van der Waals surface area (Å²) in [5.74, 6) is -1.06. The molecule has 4 heteroatoms. The zero-order chi connectivity index (χ0) is 11.0. The van der Waals surface area contributed by atoms with Crippen molar-refractivity contribution in [3.05, 3.63) is 0 Å². The van der Waals surface area contributed by atoms with Crippen LogP contribution in [0.15, 0.2) is 0 Å². The summed E-state index contributed by atoms with van der Waals surface area (Å²) in [4.78, 5) is 22.7. The van der Waals surface area contributed by atoms with Gasteiger partial charge in [0.15, 0.2) is 0 Å². The van der Waals surface area contributed by atoms with E-state index in [2.05, 4.69) is 0 Å². The highest BCUT2D eigenvalue weighted by atomic mass is 16.5. The van der Waals surface area contributed by atoms with E-state index in [1.165, 1.54) is 0 Å². The van der Waals surface area contributed by atoms with E-state index in [9.17, 15) is 9.59 Å². The Morgan fingerprint density at radius 3 is 2.73 bits per heavy atom. The van der Waals surface area contributed by atoms with Crippen LogP contribution < -0.4 is 0 Å². The van der Waals surface area contributed by atoms with Crippen LogP contribution in [0.3, 0.4) is 0 Å². The number of ether oxygens (including phenoxy) is 1. The van der Waals surface area contributed by atoms with Gasteiger partial charge in [0.2, 0.25) is 0 Å². The topological polar surface area (TPSA) is 63.6 Å². The second-order valence-electron chi connectivity index (χ2n) is 4.49. The van der Waals surface area contributed by atoms with E-state index in [0.29, 0.717) is 19.3 Å². The average molecular weight is 212 g/mol. The number of aliphatic carboxylic acids is 1. The zero-order valence-corrected chi connectivity index (χ0v) is 8.81. The monoisotopic (exact) mass is 212 g/mol. The van der Waals surface area contributed by atoms with Crippen LogP contribution in [-0.4, -0.2) is 30.1 Å². The summed E-state index contributed by atoms with van der Waals surface area (Å²) in [6.45, 7) is 0. The highest BCUT2D eigenvalue weighted by molar-refractivity contribution is 5.85. The van der Waals surface area contributed by atoms with Crippen LogP contribution in [0.4, 0.5) is 0 Å². The highest BCUT2D eigenvalue weighted by Gasteiger charge is 2.49. The van der Waals surface area contributed by atoms with Gasteiger partial charge in [-0.25, -0.2) is 0 Å². The van der Waals surface area contributed by atoms with Crippen molar-refractivity contribution in [2.45, 2.75) is 31.8 Å². The van der Waals surface area contributed by atoms with Crippen molar-refractivity contribution in [2.24, 2.45) is 17.8 Å². The number of carbonyl (C=O) groups is 2. The number of hydrogen-bond acceptors (Lipinski definition) is 3. The average Bonchev–Trinajstić information content (AvgIpc) is 2.60. The van der Waals surface area contributed by atoms with E-state index in [1.54, 1.807) is 7.11 Å². The van der Waals surface area contributed by atoms with Gasteiger partial charge >= 0.3 is 5.97 Å². The number of carboxylic acids is 1. The fourth-order valence-corrected chi connectivity index (χ4v) is 3.14. The van der Waals surface area contributed by atoms with Crippen molar-refractivity contribution in [3.63, 3.8) is 0 Å². The van der Waals surface area contributed by atoms with Crippen LogP contribution in [0, 0.1) is 17.8 Å². The summed E-state index contributed by atoms with van der Waals surface area (Å²) < 4.78 is 5.29. The molecule has 0 spiro atoms. The molecule has 0 aliphatic heterocycles. The molecule has 2 aliphatic carbocycles. The third-order valence-electron chi connectivity index (χ3n) is 3.86. The first kappa shape index (κ1) is 10.6. The lowest BCUT2D eigenvalue weighted by molar-refractivity contribution is -0.149. The number of fused-ring (bicyclic) bond motifs is 1. The second-order valence-corrected chi connectivity index (χ2v) is 4.49. The number of rotatable bonds is 2. The molecular weight excluding hydrogens is 196 g/mol. The first-order chi connectivity index (χ1) is 7.15. The van der Waals surface area contributed by atoms with Gasteiger partial charge < -0.3 is 9.84 Å². The summed E-state index contributed by atoms with van der Waals surface area (Å²) in [6.07, 6.45) is 2.53. The molecule has 0 aromatic rings. The molecule has 0 radical (unpaired) electrons. The van der Waals surface area contributed by atoms with Crippen molar-refractivity contribution < 1.29 is 19.4 Å². The predicted molar refractivity (Wildman–Crippen MR) is 52.4 cm³/mol. The first-order valence-corrected chi connectivity index (χ1v) is 5.43. The number of carboxylic acid groups (broad SMARTS) is 1. The number of Topliss-reactive ketones (excluding diaryl/α,β-unsaturated/α-hetero) is 1. The third-order valence-corrected chi connectivity index (χ3v) is 3.86. The Labute approximate surface area is 88.6 Å². The van der Waals surface area contributed by atoms with Crippen molar-refractivity contribution in [1.82, 2.24) is 0 Å². The summed E-state index contributed by atoms with van der Waals surface area (Å²) in [5.41, 5.74) is 0. The minimum atomic E-state index is -0.755. The van der Waals surface area contributed by atoms with Crippen LogP contribution in [0.25, 0.3) is 0 Å². The molecule has 2 aliphatic rings. The highest BCUT2D eigenvalue weighted by Crippen LogP contribution is 2.44. The maximum Gasteiger partial charge on any atom is 0.306 e. The van der Waals surface area contributed by atoms with E-state index >= 15 is 0 Å². The predicted octanol–water partition coefficient (Wildman–Crippen LogP) is 1.09. The number of hydrogen-bond donors (Lipinski definition) is 1. The summed E-state index contributed by atoms with van der Waals surface area (Å²) in [5, 5.41) is 9.08. The molecular formula is C11H16O4. The van der Waals surface area contributed by atoms with Gasteiger partial charge in [0.1, 0.15) is 5.78 Å². The molecule has 0 bridgehead atoms. The Kier molecular flexibility index (Phi) is 2.78. The molecule has 84 valence electrons. The molecule has 0 heterocycles. The van der Waals surface area contributed by atoms with Crippen molar-refractivity contribution in [3.8, 4) is 0 Å². The smallest absolute Gasteiger partial charge is 0.306 e. The Morgan fingerprint density at radius 1 is 1.40 bits per heavy atom. The van der Waals surface area contributed by atoms with Crippen molar-refractivity contribution in [1.29, 1.82) is 0 Å². The molecule has 2 fully saturated rings. The molecule has 2 saturated carbocycles. The Hall–Kier alpha value is -0.900. The molecule has 0 aromatic carbocycles. The van der Waals surface area contributed by atoms with Gasteiger partial charge in [-0.3, -0.25) is 9.59 Å². The molecule has 0 amide bonds. The zero-order valence-electron chi connectivity index (χ0n) is 8.81. The van der Waals surface area contributed by atoms with Crippen LogP contribution in [0.2, 0.25) is 0 Å². The molecule has 0 saturated heterocycles. The SMILES string of the molecule is CO[C@@H]1CC[C@H](C(=O)O)[C@@H]2CCC(=O)[C@H]21. The summed E-state index contributed by atoms with van der Waals surface area (Å²) in [6, 6.07) is 0. The fourth-order valence-electron chi connectivity index (χ4n) is 3.14. The standard InChI is InChI=1S/C11H16O4/c1-15-9-5-3-7(11(13)14)6-2-4-8(12)10(6)9/h6-7,9-10H,2-5H2,1H3,(H,13,14)/t6-,7-,9+,10-/m0/s1. The van der Waals surface area contributed by atoms with Crippen molar-refractivity contribution >= 4 is 11.8 Å². The van der Waals surface area contributed by atoms with Gasteiger partial charge in [-0.1, -0.05) is 0 Å². The summed E-state index contributed by atoms with van der Waals surface area (Å²) >= 11 is 0. The van der Waals surface area contributed by atoms with E-state index in [0.717, 1.165) is 6.42 Å². The van der Waals surface area contributed by atoms with E-state index in [1.807, 2.05) is 0 Å². The van der Waals surface area contributed by atoms with Gasteiger partial charge in [0.05, 0.1) is 12.0 Å². The lowest BCUT2D eigenvalue weighted by Crippen LogP contribution is -2.41. The maximum atomic E-state index is 11.7. The first-order valence-electron chi connectivity index (χ1n) is 5.43. The minimum absolute atomic E-state index is 0.00806. The molecule has 1 N–H and O–H groups in total. The van der Waals surface area contributed by atoms with Crippen LogP contribution in [0.5, 0.6) is 0 Å². The quantitative estimate of drug-likeness (QED) is 0.744. The Bertz CT molecular complexity index is 286. The van der Waals surface area contributed by atoms with E-state index in [4.69, 9.17) is 9.84 Å². The fraction of sp³-hybridized carbons (Fsp3) is 0.818. The van der Waals surface area contributed by atoms with Crippen LogP contribution in [0.1, 0.15) is 25.7 Å². The minimum Gasteiger partial charge on any atom is -0.481 e. The van der Waals surface area contributed by atoms with Gasteiger partial charge in [-0.15, -0.1) is 0 Å². The molecule has 4 atom stereocenters. The molecule has 0 unspecified atom stereocenters. The van der Waals surface area contributed by atoms with Crippen molar-refractivity contribution in [2.75, 3.05) is 7.11 Å². The maximum absolute atomic E-state index is 11.7. The number of ketones is 1. The van der Waals surface area contributed by atoms with E-state index < -0.39 is 5.97 Å². The lowest BCUT2D eigenvalue weighted by Gasteiger charge is -2.35. The number of carbonyl (C=O) groups excluding carboxylic acids is 1. The lowest BCUT2D eigenvalue weighted by atomic mass is 9.72. The van der Waals surface area contributed by atoms with Gasteiger partial charge in [-0.2, -0.15) is 0 Å². The van der Waals surface area contributed by atoms with Gasteiger partial charge in [0.25, 0.3) is 0 Å². The largest absolute Gasteiger partial charge is 0.481 e. The second kappa shape index (κ2) is 3.93. The van der Waals surface area contributed by atoms with Gasteiger partial charge in [-0.05, 0) is 25.2 Å². The molecule has 15 heavy (non-hydrogen) atoms. The summed E-state index contributed by atoms with van der Waals surface area (Å²) in [7, 11) is 1.61. The molecule has 0 aromatic heterocycles. The Morgan fingerprint density at radius 2 is 2.13 bits per heavy atom. The van der Waals surface area contributed by atoms with Crippen LogP contribution in [-0.2, 0) is 14.3 Å². The van der Waals surface area contributed by atoms with Gasteiger partial charge in [0, 0.05) is 19.4 Å². The van der Waals surface area contributed by atoms with Crippen LogP contribution >= 0.6 is 0 Å². The normalized spacial score (nSPS) is 40.2. The molecule has 2 rings (SSSR count). The number of methoxy groups -OCH3 is 1. The Balaban J connectivity index is 2.20. The van der Waals surface area contributed by atoms with E-state index in [-0.39, 0.29) is 29.6 Å².